The van der Waals surface area contributed by atoms with Crippen molar-refractivity contribution in [2.45, 2.75) is 44.1 Å². The Hall–Kier alpha value is -4.22. The maximum atomic E-state index is 14.1. The molecular weight excluding hydrogens is 518 g/mol. The molecule has 0 saturated carbocycles. The van der Waals surface area contributed by atoms with Crippen LogP contribution in [0.25, 0.3) is 11.1 Å². The predicted molar refractivity (Wildman–Crippen MR) is 166 cm³/mol. The lowest BCUT2D eigenvalue weighted by Crippen LogP contribution is -2.45. The fraction of sp³-hybridized carbons (Fsp3) is 0.297. The van der Waals surface area contributed by atoms with Crippen molar-refractivity contribution in [3.05, 3.63) is 130 Å². The Morgan fingerprint density at radius 1 is 0.667 bits per heavy atom. The first-order valence-corrected chi connectivity index (χ1v) is 15.1. The molecule has 2 fully saturated rings. The molecule has 0 bridgehead atoms. The topological polar surface area (TPSA) is 52.7 Å². The molecule has 3 amide bonds. The molecule has 1 spiro atoms. The first-order valence-electron chi connectivity index (χ1n) is 15.1. The van der Waals surface area contributed by atoms with Gasteiger partial charge in [0.1, 0.15) is 0 Å². The van der Waals surface area contributed by atoms with Gasteiger partial charge in [-0.3, -0.25) is 9.69 Å². The molecule has 4 aromatic carbocycles. The molecule has 0 atom stereocenters. The van der Waals surface area contributed by atoms with Gasteiger partial charge in [0.15, 0.2) is 5.54 Å². The lowest BCUT2D eigenvalue weighted by Gasteiger charge is -2.41. The molecule has 1 N–H and O–H groups in total. The van der Waals surface area contributed by atoms with Gasteiger partial charge in [-0.05, 0) is 86.1 Å². The molecule has 5 nitrogen and oxygen atoms in total. The number of piperidine rings is 1. The minimum Gasteiger partial charge on any atom is -0.315 e. The number of amides is 3. The molecule has 0 radical (unpaired) electrons. The van der Waals surface area contributed by atoms with E-state index in [1.165, 1.54) is 27.2 Å². The van der Waals surface area contributed by atoms with Crippen molar-refractivity contribution in [2.75, 3.05) is 26.2 Å². The molecule has 42 heavy (non-hydrogen) atoms. The molecule has 2 heterocycles. The molecule has 3 aliphatic rings. The largest absolute Gasteiger partial charge is 0.325 e. The number of hydrogen-bond acceptors (Lipinski definition) is 3. The zero-order valence-corrected chi connectivity index (χ0v) is 24.4. The fourth-order valence-electron chi connectivity index (χ4n) is 7.51. The minimum atomic E-state index is -1.21. The smallest absolute Gasteiger partial charge is 0.315 e. The van der Waals surface area contributed by atoms with E-state index in [1.54, 1.807) is 0 Å². The van der Waals surface area contributed by atoms with Crippen molar-refractivity contribution in [3.63, 3.8) is 0 Å². The second-order valence-corrected chi connectivity index (χ2v) is 12.2. The SMILES string of the molecule is Cc1ccc(C2(c3ccc(C)cc3)NC(=O)N(CCCN3CCC4(CC3)c3ccccc3-c3ccccc34)C2=O)cc1. The van der Waals surface area contributed by atoms with Crippen molar-refractivity contribution in [1.29, 1.82) is 0 Å². The second kappa shape index (κ2) is 10.2. The number of aryl methyl sites for hydroxylation is 2. The van der Waals surface area contributed by atoms with Crippen LogP contribution in [-0.4, -0.2) is 47.9 Å². The van der Waals surface area contributed by atoms with Crippen LogP contribution in [0.1, 0.15) is 52.6 Å². The highest BCUT2D eigenvalue weighted by Crippen LogP contribution is 2.53. The summed E-state index contributed by atoms with van der Waals surface area (Å²) in [7, 11) is 0. The standard InChI is InChI=1S/C37H37N3O2/c1-26-12-16-28(17-13-26)37(29-18-14-27(2)15-19-29)34(41)40(35(42)38-37)23-7-22-39-24-20-36(21-25-39)32-10-5-3-8-30(32)31-9-4-6-11-33(31)36/h3-6,8-19H,7,20-25H2,1-2H3,(H,38,42). The van der Waals surface area contributed by atoms with E-state index in [0.717, 1.165) is 61.2 Å². The number of hydrogen-bond donors (Lipinski definition) is 1. The lowest BCUT2D eigenvalue weighted by molar-refractivity contribution is -0.130. The molecular formula is C37H37N3O2. The van der Waals surface area contributed by atoms with Crippen molar-refractivity contribution >= 4 is 11.9 Å². The predicted octanol–water partition coefficient (Wildman–Crippen LogP) is 6.55. The van der Waals surface area contributed by atoms with Crippen molar-refractivity contribution < 1.29 is 9.59 Å². The number of nitrogens with zero attached hydrogens (tertiary/aromatic N) is 2. The number of carbonyl (C=O) groups excluding carboxylic acids is 2. The molecule has 5 heteroatoms. The summed E-state index contributed by atoms with van der Waals surface area (Å²) in [5.74, 6) is -0.197. The van der Waals surface area contributed by atoms with Crippen LogP contribution in [0.15, 0.2) is 97.1 Å². The van der Waals surface area contributed by atoms with Crippen molar-refractivity contribution in [2.24, 2.45) is 0 Å². The van der Waals surface area contributed by atoms with Gasteiger partial charge in [0.2, 0.25) is 0 Å². The normalized spacial score (nSPS) is 18.7. The van der Waals surface area contributed by atoms with Crippen LogP contribution in [0, 0.1) is 13.8 Å². The van der Waals surface area contributed by atoms with E-state index in [0.29, 0.717) is 6.54 Å². The molecule has 0 aromatic heterocycles. The van der Waals surface area contributed by atoms with Gasteiger partial charge < -0.3 is 10.2 Å². The molecule has 1 aliphatic carbocycles. The molecule has 212 valence electrons. The van der Waals surface area contributed by atoms with Crippen LogP contribution in [0.5, 0.6) is 0 Å². The number of nitrogens with one attached hydrogen (secondary N) is 1. The highest BCUT2D eigenvalue weighted by atomic mass is 16.2. The zero-order chi connectivity index (χ0) is 28.9. The molecule has 0 unspecified atom stereocenters. The van der Waals surface area contributed by atoms with Gasteiger partial charge >= 0.3 is 6.03 Å². The van der Waals surface area contributed by atoms with Crippen LogP contribution < -0.4 is 5.32 Å². The first kappa shape index (κ1) is 26.7. The quantitative estimate of drug-likeness (QED) is 0.275. The van der Waals surface area contributed by atoms with E-state index < -0.39 is 5.54 Å². The monoisotopic (exact) mass is 555 g/mol. The van der Waals surface area contributed by atoms with Gasteiger partial charge in [-0.25, -0.2) is 4.79 Å². The Labute approximate surface area is 248 Å². The average Bonchev–Trinajstić information content (AvgIpc) is 3.43. The molecule has 2 aliphatic heterocycles. The van der Waals surface area contributed by atoms with E-state index in [4.69, 9.17) is 0 Å². The Morgan fingerprint density at radius 3 is 1.69 bits per heavy atom. The zero-order valence-electron chi connectivity index (χ0n) is 24.4. The number of carbonyl (C=O) groups is 2. The number of imide groups is 1. The third kappa shape index (κ3) is 4.10. The fourth-order valence-corrected chi connectivity index (χ4v) is 7.51. The lowest BCUT2D eigenvalue weighted by atomic mass is 9.71. The summed E-state index contributed by atoms with van der Waals surface area (Å²) in [6, 6.07) is 33.3. The first-order chi connectivity index (χ1) is 20.4. The molecule has 4 aromatic rings. The highest BCUT2D eigenvalue weighted by molar-refractivity contribution is 6.09. The van der Waals surface area contributed by atoms with Crippen LogP contribution >= 0.6 is 0 Å². The number of likely N-dealkylation sites (tertiary alicyclic amines) is 1. The van der Waals surface area contributed by atoms with Crippen LogP contribution in [0.3, 0.4) is 0 Å². The van der Waals surface area contributed by atoms with E-state index in [1.807, 2.05) is 62.4 Å². The van der Waals surface area contributed by atoms with Crippen LogP contribution in [0.2, 0.25) is 0 Å². The Kier molecular flexibility index (Phi) is 6.51. The summed E-state index contributed by atoms with van der Waals surface area (Å²) >= 11 is 0. The van der Waals surface area contributed by atoms with Crippen LogP contribution in [0.4, 0.5) is 4.79 Å². The molecule has 2 saturated heterocycles. The summed E-state index contributed by atoms with van der Waals surface area (Å²) in [4.78, 5) is 31.4. The van der Waals surface area contributed by atoms with Gasteiger partial charge in [0.05, 0.1) is 0 Å². The average molecular weight is 556 g/mol. The highest BCUT2D eigenvalue weighted by Gasteiger charge is 2.53. The van der Waals surface area contributed by atoms with Gasteiger partial charge in [0.25, 0.3) is 5.91 Å². The minimum absolute atomic E-state index is 0.0795. The Morgan fingerprint density at radius 2 is 1.17 bits per heavy atom. The van der Waals surface area contributed by atoms with E-state index in [-0.39, 0.29) is 17.4 Å². The maximum absolute atomic E-state index is 14.1. The Balaban J connectivity index is 1.05. The third-order valence-corrected chi connectivity index (χ3v) is 9.82. The summed E-state index contributed by atoms with van der Waals surface area (Å²) in [5, 5.41) is 3.10. The number of rotatable bonds is 6. The summed E-state index contributed by atoms with van der Waals surface area (Å²) in [5.41, 5.74) is 8.36. The van der Waals surface area contributed by atoms with Gasteiger partial charge in [-0.15, -0.1) is 0 Å². The van der Waals surface area contributed by atoms with Crippen LogP contribution in [-0.2, 0) is 15.7 Å². The number of urea groups is 1. The third-order valence-electron chi connectivity index (χ3n) is 9.82. The Bertz CT molecular complexity index is 1560. The van der Waals surface area contributed by atoms with Gasteiger partial charge in [-0.2, -0.15) is 0 Å². The van der Waals surface area contributed by atoms with Gasteiger partial charge in [0, 0.05) is 12.0 Å². The summed E-state index contributed by atoms with van der Waals surface area (Å²) < 4.78 is 0. The van der Waals surface area contributed by atoms with Crippen molar-refractivity contribution in [1.82, 2.24) is 15.1 Å². The summed E-state index contributed by atoms with van der Waals surface area (Å²) in [6.07, 6.45) is 2.90. The van der Waals surface area contributed by atoms with Gasteiger partial charge in [-0.1, -0.05) is 108 Å². The molecule has 7 rings (SSSR count). The summed E-state index contributed by atoms with van der Waals surface area (Å²) in [6.45, 7) is 7.31. The maximum Gasteiger partial charge on any atom is 0.325 e. The number of benzene rings is 4. The number of fused-ring (bicyclic) bond motifs is 5. The second-order valence-electron chi connectivity index (χ2n) is 12.2. The van der Waals surface area contributed by atoms with Crippen molar-refractivity contribution in [3.8, 4) is 11.1 Å². The van der Waals surface area contributed by atoms with E-state index in [2.05, 4.69) is 58.7 Å². The van der Waals surface area contributed by atoms with E-state index in [9.17, 15) is 9.59 Å². The van der Waals surface area contributed by atoms with E-state index >= 15 is 0 Å².